The van der Waals surface area contributed by atoms with Gasteiger partial charge in [0, 0.05) is 11.3 Å². The summed E-state index contributed by atoms with van der Waals surface area (Å²) in [5.41, 5.74) is 1.36. The van der Waals surface area contributed by atoms with E-state index in [1.54, 1.807) is 0 Å². The number of carbonyl (C=O) groups is 2. The van der Waals surface area contributed by atoms with Crippen molar-refractivity contribution < 1.29 is 43.1 Å². The number of rotatable bonds is 7. The van der Waals surface area contributed by atoms with E-state index in [0.29, 0.717) is 12.5 Å². The molecular formula is C28H40O9. The lowest BCUT2D eigenvalue weighted by atomic mass is 9.48. The van der Waals surface area contributed by atoms with Crippen LogP contribution in [-0.4, -0.2) is 66.9 Å². The van der Waals surface area contributed by atoms with E-state index in [1.807, 2.05) is 0 Å². The zero-order chi connectivity index (χ0) is 26.4. The minimum absolute atomic E-state index is 0.0140. The molecule has 37 heavy (non-hydrogen) atoms. The van der Waals surface area contributed by atoms with Crippen LogP contribution in [0.1, 0.15) is 72.6 Å². The molecule has 5 fully saturated rings. The summed E-state index contributed by atoms with van der Waals surface area (Å²) in [6, 6.07) is 0. The predicted octanol–water partition coefficient (Wildman–Crippen LogP) is 3.79. The molecule has 6 rings (SSSR count). The molecule has 0 aromatic rings. The second-order valence-electron chi connectivity index (χ2n) is 12.6. The van der Waals surface area contributed by atoms with Crippen molar-refractivity contribution in [1.29, 1.82) is 0 Å². The number of carbonyl (C=O) groups excluding carboxylic acids is 1. The van der Waals surface area contributed by atoms with Crippen molar-refractivity contribution in [3.05, 3.63) is 11.6 Å². The molecule has 0 aromatic carbocycles. The Labute approximate surface area is 218 Å². The zero-order valence-corrected chi connectivity index (χ0v) is 22.5. The van der Waals surface area contributed by atoms with Gasteiger partial charge in [0.2, 0.25) is 0 Å². The van der Waals surface area contributed by atoms with Crippen molar-refractivity contribution in [3.8, 4) is 0 Å². The Bertz CT molecular complexity index is 1010. The number of carboxylic acid groups (broad SMARTS) is 1. The third-order valence-corrected chi connectivity index (χ3v) is 10.8. The van der Waals surface area contributed by atoms with Gasteiger partial charge in [-0.15, -0.1) is 0 Å². The summed E-state index contributed by atoms with van der Waals surface area (Å²) >= 11 is 0. The largest absolute Gasteiger partial charge is 0.479 e. The molecule has 3 heterocycles. The van der Waals surface area contributed by atoms with Crippen molar-refractivity contribution in [3.63, 3.8) is 0 Å². The van der Waals surface area contributed by atoms with E-state index < -0.39 is 35.9 Å². The molecule has 2 saturated carbocycles. The SMILES string of the molecule is COC(=O)CC(OC1CCC2(C)C(=CCC3C2CCC2(C)C4C5COC4(C)OC32O5)C1)OC(C)C(=O)O. The number of esters is 1. The zero-order valence-electron chi connectivity index (χ0n) is 22.5. The van der Waals surface area contributed by atoms with Crippen LogP contribution in [0.25, 0.3) is 0 Å². The van der Waals surface area contributed by atoms with E-state index >= 15 is 0 Å². The first kappa shape index (κ1) is 25.7. The van der Waals surface area contributed by atoms with Crippen molar-refractivity contribution in [1.82, 2.24) is 0 Å². The van der Waals surface area contributed by atoms with Gasteiger partial charge in [0.05, 0.1) is 38.3 Å². The fourth-order valence-corrected chi connectivity index (χ4v) is 9.07. The molecule has 0 amide bonds. The number of ether oxygens (including phenoxy) is 6. The normalized spacial score (nSPS) is 48.9. The molecular weight excluding hydrogens is 480 g/mol. The van der Waals surface area contributed by atoms with Crippen LogP contribution in [0, 0.1) is 28.6 Å². The van der Waals surface area contributed by atoms with E-state index in [4.69, 9.17) is 28.4 Å². The van der Waals surface area contributed by atoms with Crippen LogP contribution in [0.3, 0.4) is 0 Å². The average molecular weight is 521 g/mol. The molecule has 0 radical (unpaired) electrons. The Hall–Kier alpha value is -1.52. The maximum absolute atomic E-state index is 11.9. The summed E-state index contributed by atoms with van der Waals surface area (Å²) in [6.45, 7) is 8.90. The van der Waals surface area contributed by atoms with Gasteiger partial charge in [-0.25, -0.2) is 4.79 Å². The number of hydrogen-bond acceptors (Lipinski definition) is 8. The first-order valence-electron chi connectivity index (χ1n) is 13.8. The van der Waals surface area contributed by atoms with Crippen LogP contribution in [-0.2, 0) is 38.0 Å². The monoisotopic (exact) mass is 520 g/mol. The lowest BCUT2D eigenvalue weighted by Gasteiger charge is -2.59. The molecule has 9 nitrogen and oxygen atoms in total. The van der Waals surface area contributed by atoms with Gasteiger partial charge in [0.15, 0.2) is 24.0 Å². The lowest BCUT2D eigenvalue weighted by molar-refractivity contribution is -0.358. The summed E-state index contributed by atoms with van der Waals surface area (Å²) in [5.74, 6) is -1.74. The number of carboxylic acids is 1. The predicted molar refractivity (Wildman–Crippen MR) is 129 cm³/mol. The van der Waals surface area contributed by atoms with Gasteiger partial charge in [-0.3, -0.25) is 4.79 Å². The summed E-state index contributed by atoms with van der Waals surface area (Å²) in [4.78, 5) is 23.3. The van der Waals surface area contributed by atoms with Crippen molar-refractivity contribution in [2.45, 2.75) is 109 Å². The number of fused-ring (bicyclic) bond motifs is 3. The molecule has 3 aliphatic carbocycles. The highest BCUT2D eigenvalue weighted by Gasteiger charge is 2.83. The van der Waals surface area contributed by atoms with Crippen LogP contribution in [0.15, 0.2) is 11.6 Å². The van der Waals surface area contributed by atoms with Gasteiger partial charge < -0.3 is 33.5 Å². The lowest BCUT2D eigenvalue weighted by Crippen LogP contribution is -2.60. The average Bonchev–Trinajstić information content (AvgIpc) is 3.33. The molecule has 11 unspecified atom stereocenters. The fraction of sp³-hybridized carbons (Fsp3) is 0.857. The second kappa shape index (κ2) is 8.49. The van der Waals surface area contributed by atoms with E-state index in [9.17, 15) is 14.7 Å². The van der Waals surface area contributed by atoms with Gasteiger partial charge in [-0.2, -0.15) is 0 Å². The first-order valence-corrected chi connectivity index (χ1v) is 13.8. The molecule has 6 aliphatic rings. The summed E-state index contributed by atoms with van der Waals surface area (Å²) in [7, 11) is 1.30. The number of aliphatic carboxylic acids is 1. The fourth-order valence-electron chi connectivity index (χ4n) is 9.07. The van der Waals surface area contributed by atoms with E-state index in [0.717, 1.165) is 38.5 Å². The van der Waals surface area contributed by atoms with Gasteiger partial charge in [-0.1, -0.05) is 25.5 Å². The van der Waals surface area contributed by atoms with Crippen LogP contribution >= 0.6 is 0 Å². The molecule has 0 aromatic heterocycles. The molecule has 1 N–H and O–H groups in total. The summed E-state index contributed by atoms with van der Waals surface area (Å²) in [6.07, 6.45) is 5.71. The van der Waals surface area contributed by atoms with Crippen LogP contribution in [0.5, 0.6) is 0 Å². The third kappa shape index (κ3) is 3.53. The highest BCUT2D eigenvalue weighted by molar-refractivity contribution is 5.72. The minimum atomic E-state index is -1.10. The van der Waals surface area contributed by atoms with Gasteiger partial charge >= 0.3 is 11.9 Å². The van der Waals surface area contributed by atoms with Gasteiger partial charge in [0.25, 0.3) is 0 Å². The Balaban J connectivity index is 1.21. The summed E-state index contributed by atoms with van der Waals surface area (Å²) in [5, 5.41) is 9.27. The molecule has 9 heteroatoms. The number of hydrogen-bond donors (Lipinski definition) is 1. The van der Waals surface area contributed by atoms with Crippen LogP contribution < -0.4 is 0 Å². The third-order valence-electron chi connectivity index (χ3n) is 10.8. The number of allylic oxidation sites excluding steroid dienone is 1. The van der Waals surface area contributed by atoms with E-state index in [2.05, 4.69) is 26.8 Å². The maximum atomic E-state index is 11.9. The van der Waals surface area contributed by atoms with Gasteiger partial charge in [0.1, 0.15) is 0 Å². The quantitative estimate of drug-likeness (QED) is 0.305. The molecule has 206 valence electrons. The van der Waals surface area contributed by atoms with Crippen molar-refractivity contribution >= 4 is 11.9 Å². The molecule has 0 spiro atoms. The highest BCUT2D eigenvalue weighted by atomic mass is 16.8. The summed E-state index contributed by atoms with van der Waals surface area (Å²) < 4.78 is 36.3. The molecule has 2 bridgehead atoms. The first-order chi connectivity index (χ1) is 17.5. The topological polar surface area (TPSA) is 110 Å². The molecule has 11 atom stereocenters. The Kier molecular flexibility index (Phi) is 5.91. The maximum Gasteiger partial charge on any atom is 0.332 e. The Morgan fingerprint density at radius 2 is 1.97 bits per heavy atom. The Morgan fingerprint density at radius 3 is 2.68 bits per heavy atom. The highest BCUT2D eigenvalue weighted by Crippen LogP contribution is 2.76. The van der Waals surface area contributed by atoms with Crippen molar-refractivity contribution in [2.24, 2.45) is 28.6 Å². The smallest absolute Gasteiger partial charge is 0.332 e. The standard InChI is InChI=1S/C28H40O9/c1-15(24(30)31)34-22(13-21(29)32-5)35-17-8-10-25(2)16(12-17)6-7-19-18(25)9-11-26(3)23-20-14-33-27(23,4)37-28(19,26)36-20/h6,15,17-20,22-23H,7-14H2,1-5H3,(H,30,31). The van der Waals surface area contributed by atoms with Crippen LogP contribution in [0.2, 0.25) is 0 Å². The minimum Gasteiger partial charge on any atom is -0.479 e. The van der Waals surface area contributed by atoms with Crippen molar-refractivity contribution in [2.75, 3.05) is 13.7 Å². The van der Waals surface area contributed by atoms with Gasteiger partial charge in [-0.05, 0) is 63.7 Å². The van der Waals surface area contributed by atoms with E-state index in [-0.39, 0.29) is 41.3 Å². The van der Waals surface area contributed by atoms with E-state index in [1.165, 1.54) is 19.6 Å². The molecule has 3 saturated heterocycles. The Morgan fingerprint density at radius 1 is 1.19 bits per heavy atom. The second-order valence-corrected chi connectivity index (χ2v) is 12.6. The van der Waals surface area contributed by atoms with Crippen LogP contribution in [0.4, 0.5) is 0 Å². The molecule has 3 aliphatic heterocycles. The number of methoxy groups -OCH3 is 1.